The van der Waals surface area contributed by atoms with Crippen molar-refractivity contribution in [1.82, 2.24) is 10.2 Å². The highest BCUT2D eigenvalue weighted by Gasteiger charge is 2.27. The zero-order chi connectivity index (χ0) is 11.4. The van der Waals surface area contributed by atoms with Crippen molar-refractivity contribution in [2.45, 2.75) is 50.7 Å². The number of nitrogens with one attached hydrogen (secondary N) is 1. The van der Waals surface area contributed by atoms with Gasteiger partial charge in [-0.05, 0) is 25.7 Å². The third-order valence-electron chi connectivity index (χ3n) is 3.61. The molecule has 1 amide bonds. The Bertz CT molecular complexity index is 231. The van der Waals surface area contributed by atoms with Gasteiger partial charge in [-0.1, -0.05) is 12.8 Å². The first-order valence-electron chi connectivity index (χ1n) is 6.45. The van der Waals surface area contributed by atoms with Gasteiger partial charge in [0, 0.05) is 19.1 Å². The molecule has 1 saturated carbocycles. The van der Waals surface area contributed by atoms with Crippen molar-refractivity contribution in [1.29, 1.82) is 0 Å². The molecule has 2 aliphatic rings. The molecule has 16 heavy (non-hydrogen) atoms. The maximum atomic E-state index is 11.9. The van der Waals surface area contributed by atoms with E-state index < -0.39 is 0 Å². The number of rotatable bonds is 3. The Morgan fingerprint density at radius 1 is 1.19 bits per heavy atom. The van der Waals surface area contributed by atoms with Gasteiger partial charge in [0.05, 0.1) is 12.6 Å². The van der Waals surface area contributed by atoms with Crippen LogP contribution in [0.1, 0.15) is 38.5 Å². The standard InChI is InChI=1S/C12H22N2O2/c15-11-7-10(8-11)13-9-12(16)14-5-3-1-2-4-6-14/h10-11,13,15H,1-9H2. The first-order chi connectivity index (χ1) is 7.75. The van der Waals surface area contributed by atoms with E-state index in [9.17, 15) is 4.79 Å². The van der Waals surface area contributed by atoms with Gasteiger partial charge < -0.3 is 15.3 Å². The second kappa shape index (κ2) is 5.64. The van der Waals surface area contributed by atoms with E-state index in [1.165, 1.54) is 12.8 Å². The number of likely N-dealkylation sites (tertiary alicyclic amines) is 1. The van der Waals surface area contributed by atoms with E-state index >= 15 is 0 Å². The van der Waals surface area contributed by atoms with Crippen LogP contribution in [0.5, 0.6) is 0 Å². The number of nitrogens with zero attached hydrogens (tertiary/aromatic N) is 1. The van der Waals surface area contributed by atoms with Crippen LogP contribution in [0.4, 0.5) is 0 Å². The minimum atomic E-state index is -0.147. The molecule has 1 aliphatic carbocycles. The number of amides is 1. The van der Waals surface area contributed by atoms with E-state index in [0.717, 1.165) is 38.8 Å². The molecule has 1 heterocycles. The summed E-state index contributed by atoms with van der Waals surface area (Å²) >= 11 is 0. The Balaban J connectivity index is 1.66. The molecule has 0 aromatic rings. The molecule has 2 rings (SSSR count). The Hall–Kier alpha value is -0.610. The van der Waals surface area contributed by atoms with Crippen LogP contribution in [-0.4, -0.2) is 47.7 Å². The second-order valence-electron chi connectivity index (χ2n) is 5.00. The molecule has 0 unspecified atom stereocenters. The molecule has 0 aromatic heterocycles. The van der Waals surface area contributed by atoms with E-state index in [1.54, 1.807) is 0 Å². The number of hydrogen-bond acceptors (Lipinski definition) is 3. The zero-order valence-electron chi connectivity index (χ0n) is 9.82. The van der Waals surface area contributed by atoms with Gasteiger partial charge in [-0.2, -0.15) is 0 Å². The number of carbonyl (C=O) groups is 1. The topological polar surface area (TPSA) is 52.6 Å². The average molecular weight is 226 g/mol. The summed E-state index contributed by atoms with van der Waals surface area (Å²) in [5, 5.41) is 12.3. The Morgan fingerprint density at radius 3 is 2.38 bits per heavy atom. The van der Waals surface area contributed by atoms with Gasteiger partial charge in [-0.3, -0.25) is 4.79 Å². The summed E-state index contributed by atoms with van der Waals surface area (Å²) in [6.45, 7) is 2.29. The maximum Gasteiger partial charge on any atom is 0.236 e. The van der Waals surface area contributed by atoms with Gasteiger partial charge in [0.2, 0.25) is 5.91 Å². The molecule has 1 aliphatic heterocycles. The Morgan fingerprint density at radius 2 is 1.81 bits per heavy atom. The molecule has 1 saturated heterocycles. The normalized spacial score (nSPS) is 30.7. The van der Waals surface area contributed by atoms with Gasteiger partial charge in [-0.15, -0.1) is 0 Å². The number of aliphatic hydroxyl groups excluding tert-OH is 1. The quantitative estimate of drug-likeness (QED) is 0.737. The lowest BCUT2D eigenvalue weighted by Gasteiger charge is -2.32. The lowest BCUT2D eigenvalue weighted by molar-refractivity contribution is -0.130. The van der Waals surface area contributed by atoms with Crippen LogP contribution in [0, 0.1) is 0 Å². The van der Waals surface area contributed by atoms with Gasteiger partial charge >= 0.3 is 0 Å². The average Bonchev–Trinajstić information content (AvgIpc) is 2.50. The highest BCUT2D eigenvalue weighted by atomic mass is 16.3. The van der Waals surface area contributed by atoms with Crippen molar-refractivity contribution in [3.63, 3.8) is 0 Å². The molecule has 0 bridgehead atoms. The van der Waals surface area contributed by atoms with E-state index in [0.29, 0.717) is 12.6 Å². The van der Waals surface area contributed by atoms with Gasteiger partial charge in [0.1, 0.15) is 0 Å². The van der Waals surface area contributed by atoms with Crippen LogP contribution in [0.2, 0.25) is 0 Å². The van der Waals surface area contributed by atoms with E-state index in [4.69, 9.17) is 5.11 Å². The predicted octanol–water partition coefficient (Wildman–Crippen LogP) is 0.502. The zero-order valence-corrected chi connectivity index (χ0v) is 9.82. The minimum Gasteiger partial charge on any atom is -0.393 e. The van der Waals surface area contributed by atoms with E-state index in [-0.39, 0.29) is 12.0 Å². The van der Waals surface area contributed by atoms with Crippen LogP contribution in [0.15, 0.2) is 0 Å². The highest BCUT2D eigenvalue weighted by molar-refractivity contribution is 5.78. The second-order valence-corrected chi connectivity index (χ2v) is 5.00. The summed E-state index contributed by atoms with van der Waals surface area (Å²) in [5.41, 5.74) is 0. The summed E-state index contributed by atoms with van der Waals surface area (Å²) in [6, 6.07) is 0.353. The molecule has 4 heteroatoms. The smallest absolute Gasteiger partial charge is 0.236 e. The third kappa shape index (κ3) is 3.19. The third-order valence-corrected chi connectivity index (χ3v) is 3.61. The van der Waals surface area contributed by atoms with E-state index in [2.05, 4.69) is 5.32 Å². The fourth-order valence-corrected chi connectivity index (χ4v) is 2.42. The summed E-state index contributed by atoms with van der Waals surface area (Å²) in [4.78, 5) is 13.9. The van der Waals surface area contributed by atoms with Crippen molar-refractivity contribution in [2.75, 3.05) is 19.6 Å². The molecule has 0 radical (unpaired) electrons. The molecule has 2 N–H and O–H groups in total. The van der Waals surface area contributed by atoms with Crippen molar-refractivity contribution in [3.05, 3.63) is 0 Å². The summed E-state index contributed by atoms with van der Waals surface area (Å²) in [6.07, 6.45) is 6.26. The minimum absolute atomic E-state index is 0.147. The Labute approximate surface area is 97.0 Å². The largest absolute Gasteiger partial charge is 0.393 e. The molecule has 92 valence electrons. The van der Waals surface area contributed by atoms with Gasteiger partial charge in [0.15, 0.2) is 0 Å². The Kier molecular flexibility index (Phi) is 4.18. The fraction of sp³-hybridized carbons (Fsp3) is 0.917. The van der Waals surface area contributed by atoms with Crippen LogP contribution in [0.3, 0.4) is 0 Å². The summed E-state index contributed by atoms with van der Waals surface area (Å²) < 4.78 is 0. The van der Waals surface area contributed by atoms with Crippen LogP contribution in [-0.2, 0) is 4.79 Å². The van der Waals surface area contributed by atoms with Crippen LogP contribution in [0.25, 0.3) is 0 Å². The molecule has 4 nitrogen and oxygen atoms in total. The van der Waals surface area contributed by atoms with Crippen LogP contribution < -0.4 is 5.32 Å². The molecular weight excluding hydrogens is 204 g/mol. The highest BCUT2D eigenvalue weighted by Crippen LogP contribution is 2.19. The van der Waals surface area contributed by atoms with Crippen LogP contribution >= 0.6 is 0 Å². The summed E-state index contributed by atoms with van der Waals surface area (Å²) in [5.74, 6) is 0.225. The lowest BCUT2D eigenvalue weighted by Crippen LogP contribution is -2.48. The molecular formula is C12H22N2O2. The monoisotopic (exact) mass is 226 g/mol. The number of carbonyl (C=O) groups excluding carboxylic acids is 1. The lowest BCUT2D eigenvalue weighted by atomic mass is 9.89. The van der Waals surface area contributed by atoms with Gasteiger partial charge in [0.25, 0.3) is 0 Å². The SMILES string of the molecule is O=C(CNC1CC(O)C1)N1CCCCCC1. The van der Waals surface area contributed by atoms with E-state index in [1.807, 2.05) is 4.90 Å². The fourth-order valence-electron chi connectivity index (χ4n) is 2.42. The first kappa shape index (κ1) is 11.9. The number of hydrogen-bond donors (Lipinski definition) is 2. The van der Waals surface area contributed by atoms with Crippen molar-refractivity contribution < 1.29 is 9.90 Å². The molecule has 2 fully saturated rings. The number of aliphatic hydroxyl groups is 1. The summed E-state index contributed by atoms with van der Waals surface area (Å²) in [7, 11) is 0. The maximum absolute atomic E-state index is 11.9. The molecule has 0 spiro atoms. The van der Waals surface area contributed by atoms with Crippen molar-refractivity contribution >= 4 is 5.91 Å². The van der Waals surface area contributed by atoms with Crippen molar-refractivity contribution in [3.8, 4) is 0 Å². The van der Waals surface area contributed by atoms with Crippen molar-refractivity contribution in [2.24, 2.45) is 0 Å². The predicted molar refractivity (Wildman–Crippen MR) is 62.1 cm³/mol. The van der Waals surface area contributed by atoms with Gasteiger partial charge in [-0.25, -0.2) is 0 Å². The first-order valence-corrected chi connectivity index (χ1v) is 6.45. The molecule has 0 aromatic carbocycles. The molecule has 0 atom stereocenters.